The van der Waals surface area contributed by atoms with E-state index in [4.69, 9.17) is 0 Å². The fraction of sp³-hybridized carbons (Fsp3) is 0.200. The number of hydrogen-bond donors (Lipinski definition) is 1. The first-order valence-corrected chi connectivity index (χ1v) is 4.73. The highest BCUT2D eigenvalue weighted by Gasteiger charge is 2.02. The minimum absolute atomic E-state index is 0.585. The fourth-order valence-electron chi connectivity index (χ4n) is 1.18. The second-order valence-corrected chi connectivity index (χ2v) is 2.89. The monoisotopic (exact) mass is 201 g/mol. The van der Waals surface area contributed by atoms with E-state index in [2.05, 4.69) is 25.3 Å². The minimum atomic E-state index is 0.585. The number of hydrogen-bond acceptors (Lipinski definition) is 5. The van der Waals surface area contributed by atoms with Gasteiger partial charge in [-0.2, -0.15) is 0 Å². The van der Waals surface area contributed by atoms with Gasteiger partial charge in [-0.15, -0.1) is 0 Å². The van der Waals surface area contributed by atoms with Gasteiger partial charge in [-0.1, -0.05) is 0 Å². The Labute approximate surface area is 87.6 Å². The molecule has 76 valence electrons. The first kappa shape index (κ1) is 9.51. The van der Waals surface area contributed by atoms with E-state index in [-0.39, 0.29) is 0 Å². The predicted molar refractivity (Wildman–Crippen MR) is 57.2 cm³/mol. The van der Waals surface area contributed by atoms with Gasteiger partial charge in [0, 0.05) is 25.1 Å². The van der Waals surface area contributed by atoms with Gasteiger partial charge in [0.15, 0.2) is 5.82 Å². The number of nitrogens with one attached hydrogen (secondary N) is 1. The molecular weight excluding hydrogens is 190 g/mol. The van der Waals surface area contributed by atoms with Crippen molar-refractivity contribution in [2.24, 2.45) is 0 Å². The van der Waals surface area contributed by atoms with Crippen molar-refractivity contribution >= 4 is 5.82 Å². The van der Waals surface area contributed by atoms with Crippen molar-refractivity contribution < 1.29 is 0 Å². The van der Waals surface area contributed by atoms with E-state index in [1.807, 2.05) is 13.0 Å². The van der Waals surface area contributed by atoms with Gasteiger partial charge >= 0.3 is 0 Å². The van der Waals surface area contributed by atoms with Crippen molar-refractivity contribution in [3.8, 4) is 11.5 Å². The Morgan fingerprint density at radius 3 is 2.87 bits per heavy atom. The highest BCUT2D eigenvalue weighted by atomic mass is 15.0. The Morgan fingerprint density at radius 1 is 1.20 bits per heavy atom. The van der Waals surface area contributed by atoms with Gasteiger partial charge < -0.3 is 5.32 Å². The van der Waals surface area contributed by atoms with Crippen LogP contribution in [0.5, 0.6) is 0 Å². The molecule has 0 aliphatic carbocycles. The van der Waals surface area contributed by atoms with Crippen LogP contribution in [0, 0.1) is 0 Å². The molecule has 5 nitrogen and oxygen atoms in total. The lowest BCUT2D eigenvalue weighted by molar-refractivity contribution is 1.09. The van der Waals surface area contributed by atoms with Gasteiger partial charge in [0.2, 0.25) is 0 Å². The van der Waals surface area contributed by atoms with Gasteiger partial charge in [-0.25, -0.2) is 15.0 Å². The molecule has 0 amide bonds. The Balaban J connectivity index is 2.33. The summed E-state index contributed by atoms with van der Waals surface area (Å²) < 4.78 is 0. The Morgan fingerprint density at radius 2 is 2.13 bits per heavy atom. The largest absolute Gasteiger partial charge is 0.370 e. The zero-order chi connectivity index (χ0) is 10.5. The van der Waals surface area contributed by atoms with E-state index in [1.54, 1.807) is 24.8 Å². The maximum absolute atomic E-state index is 4.31. The summed E-state index contributed by atoms with van der Waals surface area (Å²) in [5.41, 5.74) is 0.678. The van der Waals surface area contributed by atoms with E-state index in [9.17, 15) is 0 Å². The first-order valence-electron chi connectivity index (χ1n) is 4.73. The third-order valence-electron chi connectivity index (χ3n) is 1.81. The van der Waals surface area contributed by atoms with Crippen LogP contribution in [0.3, 0.4) is 0 Å². The van der Waals surface area contributed by atoms with Gasteiger partial charge in [0.05, 0.1) is 6.20 Å². The van der Waals surface area contributed by atoms with Gasteiger partial charge in [0.1, 0.15) is 11.5 Å². The highest BCUT2D eigenvalue weighted by Crippen LogP contribution is 2.11. The molecule has 0 saturated heterocycles. The summed E-state index contributed by atoms with van der Waals surface area (Å²) in [6.07, 6.45) is 6.59. The average Bonchev–Trinajstić information content (AvgIpc) is 2.31. The Kier molecular flexibility index (Phi) is 2.82. The van der Waals surface area contributed by atoms with Crippen LogP contribution in [0.25, 0.3) is 11.5 Å². The van der Waals surface area contributed by atoms with Crippen molar-refractivity contribution in [3.05, 3.63) is 30.9 Å². The summed E-state index contributed by atoms with van der Waals surface area (Å²) >= 11 is 0. The molecule has 0 fully saturated rings. The third kappa shape index (κ3) is 2.25. The SMILES string of the molecule is CCNc1ccnc(-c2cnccn2)n1. The zero-order valence-corrected chi connectivity index (χ0v) is 8.38. The lowest BCUT2D eigenvalue weighted by Gasteiger charge is -2.03. The summed E-state index contributed by atoms with van der Waals surface area (Å²) in [5, 5.41) is 3.12. The molecule has 0 aromatic carbocycles. The summed E-state index contributed by atoms with van der Waals surface area (Å²) in [5.74, 6) is 1.38. The van der Waals surface area contributed by atoms with Crippen molar-refractivity contribution in [2.45, 2.75) is 6.92 Å². The Hall–Kier alpha value is -2.04. The van der Waals surface area contributed by atoms with Crippen LogP contribution in [0.4, 0.5) is 5.82 Å². The molecule has 1 N–H and O–H groups in total. The van der Waals surface area contributed by atoms with Crippen LogP contribution in [-0.2, 0) is 0 Å². The molecule has 0 bridgehead atoms. The average molecular weight is 201 g/mol. The molecular formula is C10H11N5. The summed E-state index contributed by atoms with van der Waals surface area (Å²) in [7, 11) is 0. The quantitative estimate of drug-likeness (QED) is 0.812. The standard InChI is InChI=1S/C10H11N5/c1-2-12-9-3-4-14-10(15-9)8-7-11-5-6-13-8/h3-7H,2H2,1H3,(H,12,14,15). The maximum atomic E-state index is 4.31. The van der Waals surface area contributed by atoms with Crippen LogP contribution in [0.15, 0.2) is 30.9 Å². The third-order valence-corrected chi connectivity index (χ3v) is 1.81. The summed E-state index contributed by atoms with van der Waals surface area (Å²) in [6, 6.07) is 1.82. The van der Waals surface area contributed by atoms with Crippen LogP contribution >= 0.6 is 0 Å². The molecule has 15 heavy (non-hydrogen) atoms. The fourth-order valence-corrected chi connectivity index (χ4v) is 1.18. The van der Waals surface area contributed by atoms with Gasteiger partial charge in [0.25, 0.3) is 0 Å². The smallest absolute Gasteiger partial charge is 0.181 e. The van der Waals surface area contributed by atoms with Gasteiger partial charge in [-0.3, -0.25) is 4.98 Å². The molecule has 2 aromatic rings. The lowest BCUT2D eigenvalue weighted by Crippen LogP contribution is -2.01. The van der Waals surface area contributed by atoms with Crippen molar-refractivity contribution in [1.82, 2.24) is 19.9 Å². The van der Waals surface area contributed by atoms with E-state index < -0.39 is 0 Å². The first-order chi connectivity index (χ1) is 7.40. The van der Waals surface area contributed by atoms with E-state index in [1.165, 1.54) is 0 Å². The predicted octanol–water partition coefficient (Wildman–Crippen LogP) is 1.37. The number of anilines is 1. The lowest BCUT2D eigenvalue weighted by atomic mass is 10.4. The Bertz CT molecular complexity index is 429. The highest BCUT2D eigenvalue weighted by molar-refractivity contribution is 5.50. The molecule has 0 aliphatic heterocycles. The molecule has 5 heteroatoms. The summed E-state index contributed by atoms with van der Waals surface area (Å²) in [6.45, 7) is 2.85. The van der Waals surface area contributed by atoms with E-state index >= 15 is 0 Å². The van der Waals surface area contributed by atoms with Crippen LogP contribution in [-0.4, -0.2) is 26.5 Å². The number of aromatic nitrogens is 4. The molecule has 0 unspecified atom stereocenters. The van der Waals surface area contributed by atoms with Crippen molar-refractivity contribution in [2.75, 3.05) is 11.9 Å². The molecule has 0 atom stereocenters. The molecule has 0 saturated carbocycles. The van der Waals surface area contributed by atoms with E-state index in [0.717, 1.165) is 12.4 Å². The molecule has 0 radical (unpaired) electrons. The van der Waals surface area contributed by atoms with Crippen LogP contribution in [0.2, 0.25) is 0 Å². The maximum Gasteiger partial charge on any atom is 0.181 e. The van der Waals surface area contributed by atoms with Crippen LogP contribution in [0.1, 0.15) is 6.92 Å². The molecule has 2 heterocycles. The van der Waals surface area contributed by atoms with Crippen molar-refractivity contribution in [1.29, 1.82) is 0 Å². The van der Waals surface area contributed by atoms with Crippen LogP contribution < -0.4 is 5.32 Å². The van der Waals surface area contributed by atoms with E-state index in [0.29, 0.717) is 11.5 Å². The molecule has 0 aliphatic rings. The minimum Gasteiger partial charge on any atom is -0.370 e. The molecule has 2 aromatic heterocycles. The summed E-state index contributed by atoms with van der Waals surface area (Å²) in [4.78, 5) is 16.6. The second-order valence-electron chi connectivity index (χ2n) is 2.89. The zero-order valence-electron chi connectivity index (χ0n) is 8.38. The van der Waals surface area contributed by atoms with Crippen molar-refractivity contribution in [3.63, 3.8) is 0 Å². The second kappa shape index (κ2) is 4.45. The molecule has 2 rings (SSSR count). The normalized spacial score (nSPS) is 9.93. The molecule has 0 spiro atoms. The van der Waals surface area contributed by atoms with Gasteiger partial charge in [-0.05, 0) is 13.0 Å². The number of rotatable bonds is 3. The number of nitrogens with zero attached hydrogens (tertiary/aromatic N) is 4. The topological polar surface area (TPSA) is 63.6 Å².